The number of aryl methyl sites for hydroxylation is 1. The lowest BCUT2D eigenvalue weighted by Gasteiger charge is -2.18. The number of likely N-dealkylation sites (N-methyl/N-ethyl adjacent to an activating group) is 1. The summed E-state index contributed by atoms with van der Waals surface area (Å²) in [5, 5.41) is 4.10. The quantitative estimate of drug-likeness (QED) is 0.660. The molecule has 0 saturated carbocycles. The van der Waals surface area contributed by atoms with Gasteiger partial charge in [-0.1, -0.05) is 6.92 Å². The fourth-order valence-corrected chi connectivity index (χ4v) is 1.52. The predicted octanol–water partition coefficient (Wildman–Crippen LogP) is 0.458. The van der Waals surface area contributed by atoms with Crippen molar-refractivity contribution in [1.29, 1.82) is 0 Å². The van der Waals surface area contributed by atoms with E-state index < -0.39 is 0 Å². The maximum atomic E-state index is 11.1. The van der Waals surface area contributed by atoms with Crippen molar-refractivity contribution in [2.75, 3.05) is 26.7 Å². The number of methoxy groups -OCH3 is 1. The highest BCUT2D eigenvalue weighted by atomic mass is 16.5. The third-order valence-electron chi connectivity index (χ3n) is 2.63. The van der Waals surface area contributed by atoms with E-state index in [1.165, 1.54) is 12.8 Å². The average Bonchev–Trinajstić information content (AvgIpc) is 2.69. The van der Waals surface area contributed by atoms with E-state index in [2.05, 4.69) is 14.7 Å². The summed E-state index contributed by atoms with van der Waals surface area (Å²) >= 11 is 0. The molecule has 0 saturated heterocycles. The third-order valence-corrected chi connectivity index (χ3v) is 2.63. The number of esters is 1. The van der Waals surface area contributed by atoms with Crippen LogP contribution in [-0.4, -0.2) is 47.4 Å². The molecule has 1 heterocycles. The van der Waals surface area contributed by atoms with Gasteiger partial charge in [-0.2, -0.15) is 5.10 Å². The molecule has 0 aliphatic carbocycles. The van der Waals surface area contributed by atoms with Gasteiger partial charge in [0, 0.05) is 31.9 Å². The number of ether oxygens (including phenoxy) is 1. The van der Waals surface area contributed by atoms with Gasteiger partial charge in [-0.15, -0.1) is 0 Å². The average molecular weight is 225 g/mol. The van der Waals surface area contributed by atoms with Crippen LogP contribution in [0.2, 0.25) is 0 Å². The Morgan fingerprint density at radius 3 is 2.88 bits per heavy atom. The van der Waals surface area contributed by atoms with Gasteiger partial charge in [-0.25, -0.2) is 0 Å². The lowest BCUT2D eigenvalue weighted by atomic mass is 10.3. The normalized spacial score (nSPS) is 10.8. The molecule has 0 aliphatic rings. The van der Waals surface area contributed by atoms with Gasteiger partial charge in [0.15, 0.2) is 0 Å². The fourth-order valence-electron chi connectivity index (χ4n) is 1.52. The van der Waals surface area contributed by atoms with Crippen LogP contribution in [0.5, 0.6) is 0 Å². The van der Waals surface area contributed by atoms with E-state index >= 15 is 0 Å². The highest BCUT2D eigenvalue weighted by molar-refractivity contribution is 5.71. The van der Waals surface area contributed by atoms with Gasteiger partial charge in [0.05, 0.1) is 13.7 Å². The van der Waals surface area contributed by atoms with E-state index in [-0.39, 0.29) is 5.97 Å². The number of hydrogen-bond acceptors (Lipinski definition) is 4. The summed E-state index contributed by atoms with van der Waals surface area (Å²) in [6.07, 6.45) is 2.67. The zero-order valence-electron chi connectivity index (χ0n) is 10.1. The number of rotatable bonds is 6. The van der Waals surface area contributed by atoms with E-state index in [1.807, 2.05) is 24.7 Å². The first kappa shape index (κ1) is 12.7. The van der Waals surface area contributed by atoms with Gasteiger partial charge in [0.1, 0.15) is 0 Å². The first-order chi connectivity index (χ1) is 7.67. The van der Waals surface area contributed by atoms with E-state index in [4.69, 9.17) is 0 Å². The molecule has 5 nitrogen and oxygen atoms in total. The Hall–Kier alpha value is -1.36. The van der Waals surface area contributed by atoms with Crippen molar-refractivity contribution in [2.24, 2.45) is 7.05 Å². The van der Waals surface area contributed by atoms with Crippen LogP contribution in [0.15, 0.2) is 12.3 Å². The van der Waals surface area contributed by atoms with Crippen LogP contribution >= 0.6 is 0 Å². The number of carbonyl (C=O) groups is 1. The number of aromatic nitrogens is 2. The van der Waals surface area contributed by atoms with Crippen molar-refractivity contribution in [3.63, 3.8) is 0 Å². The molecule has 0 radical (unpaired) electrons. The summed E-state index contributed by atoms with van der Waals surface area (Å²) in [5.74, 6) is -0.188. The number of nitrogens with zero attached hydrogens (tertiary/aromatic N) is 3. The van der Waals surface area contributed by atoms with Crippen LogP contribution in [0.25, 0.3) is 0 Å². The Kier molecular flexibility index (Phi) is 4.98. The Morgan fingerprint density at radius 2 is 2.38 bits per heavy atom. The molecule has 1 aromatic rings. The molecule has 0 fully saturated rings. The molecule has 1 aromatic heterocycles. The number of carbonyl (C=O) groups excluding carboxylic acids is 1. The summed E-state index contributed by atoms with van der Waals surface area (Å²) in [5.41, 5.74) is 1.17. The predicted molar refractivity (Wildman–Crippen MR) is 61.0 cm³/mol. The maximum Gasteiger partial charge on any atom is 0.319 e. The second-order valence-corrected chi connectivity index (χ2v) is 3.64. The highest BCUT2D eigenvalue weighted by Crippen LogP contribution is 2.00. The maximum absolute atomic E-state index is 11.1. The molecular weight excluding hydrogens is 206 g/mol. The molecule has 0 unspecified atom stereocenters. The van der Waals surface area contributed by atoms with Crippen molar-refractivity contribution >= 4 is 5.97 Å². The molecule has 5 heteroatoms. The van der Waals surface area contributed by atoms with Gasteiger partial charge in [-0.3, -0.25) is 14.4 Å². The van der Waals surface area contributed by atoms with Gasteiger partial charge in [0.2, 0.25) is 0 Å². The third kappa shape index (κ3) is 3.66. The molecule has 16 heavy (non-hydrogen) atoms. The number of hydrogen-bond donors (Lipinski definition) is 0. The van der Waals surface area contributed by atoms with E-state index in [9.17, 15) is 4.79 Å². The summed E-state index contributed by atoms with van der Waals surface area (Å²) in [7, 11) is 3.34. The molecule has 0 amide bonds. The van der Waals surface area contributed by atoms with E-state index in [0.29, 0.717) is 6.54 Å². The molecule has 90 valence electrons. The van der Waals surface area contributed by atoms with Crippen molar-refractivity contribution < 1.29 is 9.53 Å². The second-order valence-electron chi connectivity index (χ2n) is 3.64. The monoisotopic (exact) mass is 225 g/mol. The Balaban J connectivity index is 2.40. The van der Waals surface area contributed by atoms with Gasteiger partial charge < -0.3 is 4.74 Å². The van der Waals surface area contributed by atoms with Crippen LogP contribution in [0.1, 0.15) is 12.6 Å². The Labute approximate surface area is 96.0 Å². The SMILES string of the molecule is CCN(CCc1ccnn1C)CC(=O)OC. The summed E-state index contributed by atoms with van der Waals surface area (Å²) < 4.78 is 6.50. The Morgan fingerprint density at radius 1 is 1.62 bits per heavy atom. The molecule has 0 aliphatic heterocycles. The van der Waals surface area contributed by atoms with Crippen molar-refractivity contribution in [3.8, 4) is 0 Å². The molecule has 0 bridgehead atoms. The smallest absolute Gasteiger partial charge is 0.319 e. The van der Waals surface area contributed by atoms with Crippen molar-refractivity contribution in [1.82, 2.24) is 14.7 Å². The van der Waals surface area contributed by atoms with Crippen LogP contribution in [-0.2, 0) is 23.0 Å². The molecule has 0 N–H and O–H groups in total. The first-order valence-electron chi connectivity index (χ1n) is 5.43. The van der Waals surface area contributed by atoms with Crippen LogP contribution in [0.3, 0.4) is 0 Å². The van der Waals surface area contributed by atoms with Crippen LogP contribution < -0.4 is 0 Å². The summed E-state index contributed by atoms with van der Waals surface area (Å²) in [4.78, 5) is 13.2. The topological polar surface area (TPSA) is 47.4 Å². The zero-order chi connectivity index (χ0) is 12.0. The van der Waals surface area contributed by atoms with Crippen molar-refractivity contribution in [3.05, 3.63) is 18.0 Å². The summed E-state index contributed by atoms with van der Waals surface area (Å²) in [6.45, 7) is 4.06. The minimum atomic E-state index is -0.188. The first-order valence-corrected chi connectivity index (χ1v) is 5.43. The van der Waals surface area contributed by atoms with Gasteiger partial charge in [0.25, 0.3) is 0 Å². The summed E-state index contributed by atoms with van der Waals surface area (Å²) in [6, 6.07) is 1.99. The molecule has 0 atom stereocenters. The Bertz CT molecular complexity index is 336. The van der Waals surface area contributed by atoms with Gasteiger partial charge in [-0.05, 0) is 12.6 Å². The molecule has 0 aromatic carbocycles. The lowest BCUT2D eigenvalue weighted by Crippen LogP contribution is -2.32. The minimum absolute atomic E-state index is 0.188. The van der Waals surface area contributed by atoms with Gasteiger partial charge >= 0.3 is 5.97 Å². The second kappa shape index (κ2) is 6.27. The molecule has 0 spiro atoms. The largest absolute Gasteiger partial charge is 0.468 e. The molecule has 1 rings (SSSR count). The fraction of sp³-hybridized carbons (Fsp3) is 0.636. The lowest BCUT2D eigenvalue weighted by molar-refractivity contribution is -0.141. The molecular formula is C11H19N3O2. The standard InChI is InChI=1S/C11H19N3O2/c1-4-14(9-11(15)16-3)8-6-10-5-7-12-13(10)2/h5,7H,4,6,8-9H2,1-3H3. The zero-order valence-corrected chi connectivity index (χ0v) is 10.1. The highest BCUT2D eigenvalue weighted by Gasteiger charge is 2.09. The minimum Gasteiger partial charge on any atom is -0.468 e. The van der Waals surface area contributed by atoms with Crippen LogP contribution in [0, 0.1) is 0 Å². The van der Waals surface area contributed by atoms with E-state index in [0.717, 1.165) is 19.5 Å². The van der Waals surface area contributed by atoms with Crippen LogP contribution in [0.4, 0.5) is 0 Å². The van der Waals surface area contributed by atoms with Crippen molar-refractivity contribution in [2.45, 2.75) is 13.3 Å². The van der Waals surface area contributed by atoms with E-state index in [1.54, 1.807) is 6.20 Å².